The van der Waals surface area contributed by atoms with Crippen LogP contribution in [0, 0.1) is 6.92 Å². The number of carbonyl (C=O) groups is 3. The van der Waals surface area contributed by atoms with Crippen molar-refractivity contribution in [2.45, 2.75) is 52.7 Å². The van der Waals surface area contributed by atoms with Gasteiger partial charge in [-0.25, -0.2) is 4.79 Å². The second kappa shape index (κ2) is 12.6. The molecule has 3 amide bonds. The van der Waals surface area contributed by atoms with Gasteiger partial charge in [0.1, 0.15) is 18.2 Å². The third-order valence-electron chi connectivity index (χ3n) is 5.18. The maximum atomic E-state index is 13.6. The van der Waals surface area contributed by atoms with E-state index in [9.17, 15) is 19.5 Å². The monoisotopic (exact) mass is 503 g/mol. The standard InChI is InChI=1S/C26H34ClN3O5/c1-6-18-10-12-19(13-11-18)23(24(33)29-22-17(2)8-7-9-20(22)27)30(14-15-31)21(32)16-28-25(34)35-26(3,4)5/h7-13,23,31H,6,14-16H2,1-5H3,(H,28,34)(H,29,33). The van der Waals surface area contributed by atoms with E-state index in [1.165, 1.54) is 4.90 Å². The fourth-order valence-corrected chi connectivity index (χ4v) is 3.73. The molecule has 0 radical (unpaired) electrons. The molecule has 0 spiro atoms. The number of para-hydroxylation sites is 1. The Kier molecular flexibility index (Phi) is 10.1. The number of halogens is 1. The number of benzene rings is 2. The number of rotatable bonds is 9. The van der Waals surface area contributed by atoms with Crippen molar-refractivity contribution >= 4 is 35.2 Å². The number of nitrogens with one attached hydrogen (secondary N) is 2. The van der Waals surface area contributed by atoms with Crippen LogP contribution in [0.5, 0.6) is 0 Å². The van der Waals surface area contributed by atoms with Crippen LogP contribution in [0.4, 0.5) is 10.5 Å². The van der Waals surface area contributed by atoms with E-state index in [4.69, 9.17) is 16.3 Å². The second-order valence-corrected chi connectivity index (χ2v) is 9.49. The summed E-state index contributed by atoms with van der Waals surface area (Å²) in [4.78, 5) is 40.0. The number of hydrogen-bond acceptors (Lipinski definition) is 5. The molecule has 2 rings (SSSR count). The van der Waals surface area contributed by atoms with Gasteiger partial charge < -0.3 is 25.4 Å². The summed E-state index contributed by atoms with van der Waals surface area (Å²) in [5, 5.41) is 15.3. The Labute approximate surface area is 211 Å². The van der Waals surface area contributed by atoms with Crippen molar-refractivity contribution in [3.63, 3.8) is 0 Å². The lowest BCUT2D eigenvalue weighted by Crippen LogP contribution is -2.47. The molecule has 0 aliphatic carbocycles. The van der Waals surface area contributed by atoms with Gasteiger partial charge >= 0.3 is 6.09 Å². The molecule has 0 saturated carbocycles. The van der Waals surface area contributed by atoms with E-state index in [0.29, 0.717) is 16.3 Å². The molecule has 8 nitrogen and oxygen atoms in total. The third-order valence-corrected chi connectivity index (χ3v) is 5.49. The average molecular weight is 504 g/mol. The van der Waals surface area contributed by atoms with E-state index < -0.39 is 36.1 Å². The summed E-state index contributed by atoms with van der Waals surface area (Å²) in [7, 11) is 0. The summed E-state index contributed by atoms with van der Waals surface area (Å²) < 4.78 is 5.19. The van der Waals surface area contributed by atoms with E-state index in [-0.39, 0.29) is 13.2 Å². The molecule has 0 saturated heterocycles. The molecule has 35 heavy (non-hydrogen) atoms. The zero-order valence-corrected chi connectivity index (χ0v) is 21.6. The second-order valence-electron chi connectivity index (χ2n) is 9.08. The molecule has 0 aliphatic heterocycles. The van der Waals surface area contributed by atoms with E-state index >= 15 is 0 Å². The molecule has 0 fully saturated rings. The molecule has 0 heterocycles. The number of ether oxygens (including phenoxy) is 1. The van der Waals surface area contributed by atoms with Gasteiger partial charge in [-0.3, -0.25) is 9.59 Å². The first kappa shape index (κ1) is 28.1. The Hall–Kier alpha value is -3.10. The number of amides is 3. The fourth-order valence-electron chi connectivity index (χ4n) is 3.46. The normalized spacial score (nSPS) is 12.0. The van der Waals surface area contributed by atoms with Crippen LogP contribution in [0.15, 0.2) is 42.5 Å². The molecule has 9 heteroatoms. The molecule has 1 atom stereocenters. The molecule has 190 valence electrons. The Morgan fingerprint density at radius 3 is 2.31 bits per heavy atom. The molecular weight excluding hydrogens is 470 g/mol. The lowest BCUT2D eigenvalue weighted by molar-refractivity contribution is -0.138. The molecule has 0 aromatic heterocycles. The highest BCUT2D eigenvalue weighted by atomic mass is 35.5. The fraction of sp³-hybridized carbons (Fsp3) is 0.423. The summed E-state index contributed by atoms with van der Waals surface area (Å²) in [5.74, 6) is -1.05. The van der Waals surface area contributed by atoms with Crippen LogP contribution in [0.3, 0.4) is 0 Å². The van der Waals surface area contributed by atoms with Crippen molar-refractivity contribution in [1.82, 2.24) is 10.2 Å². The number of aliphatic hydroxyl groups is 1. The number of carbonyl (C=O) groups excluding carboxylic acids is 3. The lowest BCUT2D eigenvalue weighted by atomic mass is 10.0. The van der Waals surface area contributed by atoms with Crippen molar-refractivity contribution < 1.29 is 24.2 Å². The highest BCUT2D eigenvalue weighted by Crippen LogP contribution is 2.29. The van der Waals surface area contributed by atoms with E-state index in [1.54, 1.807) is 45.0 Å². The number of aryl methyl sites for hydroxylation is 2. The molecule has 3 N–H and O–H groups in total. The van der Waals surface area contributed by atoms with Gasteiger partial charge in [0.15, 0.2) is 0 Å². The van der Waals surface area contributed by atoms with Gasteiger partial charge in [-0.15, -0.1) is 0 Å². The Morgan fingerprint density at radius 2 is 1.77 bits per heavy atom. The van der Waals surface area contributed by atoms with Gasteiger partial charge in [-0.05, 0) is 56.9 Å². The average Bonchev–Trinajstić information content (AvgIpc) is 2.79. The van der Waals surface area contributed by atoms with Gasteiger partial charge in [0.2, 0.25) is 5.91 Å². The lowest BCUT2D eigenvalue weighted by Gasteiger charge is -2.31. The van der Waals surface area contributed by atoms with Crippen LogP contribution in [-0.2, 0) is 20.7 Å². The predicted molar refractivity (Wildman–Crippen MR) is 136 cm³/mol. The Balaban J connectivity index is 2.38. The number of hydrogen-bond donors (Lipinski definition) is 3. The minimum Gasteiger partial charge on any atom is -0.444 e. The topological polar surface area (TPSA) is 108 Å². The number of nitrogens with zero attached hydrogens (tertiary/aromatic N) is 1. The summed E-state index contributed by atoms with van der Waals surface area (Å²) in [6, 6.07) is 11.5. The van der Waals surface area contributed by atoms with E-state index in [2.05, 4.69) is 10.6 Å². The van der Waals surface area contributed by atoms with Gasteiger partial charge in [0.05, 0.1) is 17.3 Å². The minimum atomic E-state index is -1.07. The maximum absolute atomic E-state index is 13.6. The molecular formula is C26H34ClN3O5. The van der Waals surface area contributed by atoms with Crippen molar-refractivity contribution in [2.75, 3.05) is 25.0 Å². The van der Waals surface area contributed by atoms with Gasteiger partial charge in [0, 0.05) is 6.54 Å². The van der Waals surface area contributed by atoms with Crippen LogP contribution in [0.2, 0.25) is 5.02 Å². The minimum absolute atomic E-state index is 0.121. The SMILES string of the molecule is CCc1ccc(C(C(=O)Nc2c(C)cccc2Cl)N(CCO)C(=O)CNC(=O)OC(C)(C)C)cc1. The van der Waals surface area contributed by atoms with Gasteiger partial charge in [-0.2, -0.15) is 0 Å². The number of anilines is 1. The van der Waals surface area contributed by atoms with Crippen molar-refractivity contribution in [2.24, 2.45) is 0 Å². The van der Waals surface area contributed by atoms with Crippen molar-refractivity contribution in [1.29, 1.82) is 0 Å². The van der Waals surface area contributed by atoms with Crippen molar-refractivity contribution in [3.8, 4) is 0 Å². The quantitative estimate of drug-likeness (QED) is 0.474. The molecule has 1 unspecified atom stereocenters. The number of alkyl carbamates (subject to hydrolysis) is 1. The first-order chi connectivity index (χ1) is 16.5. The van der Waals surface area contributed by atoms with Gasteiger partial charge in [0.25, 0.3) is 5.91 Å². The first-order valence-corrected chi connectivity index (χ1v) is 11.9. The highest BCUT2D eigenvalue weighted by Gasteiger charge is 2.32. The third kappa shape index (κ3) is 8.26. The zero-order chi connectivity index (χ0) is 26.2. The van der Waals surface area contributed by atoms with E-state index in [1.807, 2.05) is 32.0 Å². The molecule has 0 bridgehead atoms. The Morgan fingerprint density at radius 1 is 1.11 bits per heavy atom. The Bertz CT molecular complexity index is 1010. The molecule has 2 aromatic rings. The molecule has 0 aliphatic rings. The maximum Gasteiger partial charge on any atom is 0.408 e. The van der Waals surface area contributed by atoms with Crippen LogP contribution in [-0.4, -0.2) is 53.2 Å². The van der Waals surface area contributed by atoms with Gasteiger partial charge in [-0.1, -0.05) is 54.9 Å². The largest absolute Gasteiger partial charge is 0.444 e. The van der Waals surface area contributed by atoms with Crippen LogP contribution < -0.4 is 10.6 Å². The van der Waals surface area contributed by atoms with Crippen LogP contribution >= 0.6 is 11.6 Å². The van der Waals surface area contributed by atoms with Crippen LogP contribution in [0.25, 0.3) is 0 Å². The summed E-state index contributed by atoms with van der Waals surface area (Å²) in [6.07, 6.45) is 0.0597. The smallest absolute Gasteiger partial charge is 0.408 e. The molecule has 2 aromatic carbocycles. The predicted octanol–water partition coefficient (Wildman–Crippen LogP) is 4.24. The highest BCUT2D eigenvalue weighted by molar-refractivity contribution is 6.34. The summed E-state index contributed by atoms with van der Waals surface area (Å²) >= 11 is 6.31. The van der Waals surface area contributed by atoms with Crippen LogP contribution in [0.1, 0.15) is 50.4 Å². The summed E-state index contributed by atoms with van der Waals surface area (Å²) in [5.41, 5.74) is 2.11. The summed E-state index contributed by atoms with van der Waals surface area (Å²) in [6.45, 7) is 8.06. The van der Waals surface area contributed by atoms with E-state index in [0.717, 1.165) is 17.5 Å². The first-order valence-electron chi connectivity index (χ1n) is 11.5. The number of aliphatic hydroxyl groups excluding tert-OH is 1. The zero-order valence-electron chi connectivity index (χ0n) is 20.9. The van der Waals surface area contributed by atoms with Crippen molar-refractivity contribution in [3.05, 3.63) is 64.2 Å².